The molecule has 1 aromatic heterocycles. The van der Waals surface area contributed by atoms with Gasteiger partial charge < -0.3 is 19.5 Å². The number of anilines is 1. The third kappa shape index (κ3) is 8.23. The fourth-order valence-corrected chi connectivity index (χ4v) is 7.98. The Hall–Kier alpha value is -4.82. The highest BCUT2D eigenvalue weighted by molar-refractivity contribution is 6.01. The SMILES string of the molecule is Cn1cc(-c2ccc(CN3CCC(N4CCC(c5ccc(NC6CCC(=O)NC6=O)cc5F)CC4)CC3)c(OC(F)(F)F)c2)c2cc(F)ccc2c1=O. The Balaban J connectivity index is 0.966. The Labute approximate surface area is 302 Å². The highest BCUT2D eigenvalue weighted by atomic mass is 19.4. The number of pyridine rings is 1. The Morgan fingerprint density at radius 2 is 1.62 bits per heavy atom. The van der Waals surface area contributed by atoms with Crippen LogP contribution in [-0.4, -0.2) is 70.8 Å². The largest absolute Gasteiger partial charge is 0.573 e. The first-order chi connectivity index (χ1) is 25.3. The van der Waals surface area contributed by atoms with E-state index in [1.54, 1.807) is 24.3 Å². The van der Waals surface area contributed by atoms with Gasteiger partial charge in [0, 0.05) is 54.5 Å². The van der Waals surface area contributed by atoms with Gasteiger partial charge in [-0.15, -0.1) is 13.2 Å². The number of hydrogen-bond acceptors (Lipinski definition) is 7. The summed E-state index contributed by atoms with van der Waals surface area (Å²) in [7, 11) is 1.53. The number of rotatable bonds is 8. The number of carbonyl (C=O) groups is 2. The first-order valence-electron chi connectivity index (χ1n) is 17.9. The second-order valence-corrected chi connectivity index (χ2v) is 14.2. The molecular formula is C39H40F5N5O4. The van der Waals surface area contributed by atoms with Crippen LogP contribution in [0.15, 0.2) is 65.6 Å². The van der Waals surface area contributed by atoms with Crippen molar-refractivity contribution in [1.29, 1.82) is 0 Å². The Morgan fingerprint density at radius 3 is 2.32 bits per heavy atom. The molecular weight excluding hydrogens is 697 g/mol. The minimum atomic E-state index is -4.93. The molecule has 0 radical (unpaired) electrons. The molecule has 4 heterocycles. The van der Waals surface area contributed by atoms with Crippen molar-refractivity contribution < 1.29 is 36.3 Å². The number of fused-ring (bicyclic) bond motifs is 1. The number of alkyl halides is 3. The second-order valence-electron chi connectivity index (χ2n) is 14.2. The van der Waals surface area contributed by atoms with Crippen LogP contribution in [-0.2, 0) is 23.2 Å². The third-order valence-electron chi connectivity index (χ3n) is 10.8. The van der Waals surface area contributed by atoms with Gasteiger partial charge in [0.2, 0.25) is 11.8 Å². The molecule has 280 valence electrons. The van der Waals surface area contributed by atoms with Crippen molar-refractivity contribution in [2.75, 3.05) is 31.5 Å². The molecule has 3 aliphatic heterocycles. The highest BCUT2D eigenvalue weighted by Crippen LogP contribution is 2.37. The lowest BCUT2D eigenvalue weighted by atomic mass is 9.87. The molecule has 0 saturated carbocycles. The van der Waals surface area contributed by atoms with Crippen LogP contribution in [0.25, 0.3) is 21.9 Å². The normalized spacial score (nSPS) is 19.8. The molecule has 0 spiro atoms. The molecule has 2 amide bonds. The summed E-state index contributed by atoms with van der Waals surface area (Å²) >= 11 is 0. The lowest BCUT2D eigenvalue weighted by molar-refractivity contribution is -0.275. The quantitative estimate of drug-likeness (QED) is 0.159. The van der Waals surface area contributed by atoms with E-state index in [-0.39, 0.29) is 47.3 Å². The molecule has 14 heteroatoms. The minimum Gasteiger partial charge on any atom is -0.405 e. The van der Waals surface area contributed by atoms with E-state index < -0.39 is 24.1 Å². The zero-order valence-corrected chi connectivity index (χ0v) is 29.1. The van der Waals surface area contributed by atoms with E-state index in [9.17, 15) is 31.9 Å². The van der Waals surface area contributed by atoms with Crippen molar-refractivity contribution in [3.63, 3.8) is 0 Å². The van der Waals surface area contributed by atoms with E-state index in [2.05, 4.69) is 25.2 Å². The summed E-state index contributed by atoms with van der Waals surface area (Å²) in [5.41, 5.74) is 1.93. The number of halogens is 5. The third-order valence-corrected chi connectivity index (χ3v) is 10.8. The standard InChI is InChI=1S/C39H40F5N5O4/c1-47-22-32(31-19-26(40)4-6-30(31)38(47)52)24-2-3-25(35(18-24)53-39(42,43)44)21-48-14-12-28(13-15-48)49-16-10-23(11-17-49)29-7-5-27(20-33(29)41)45-34-8-9-36(50)46-37(34)51/h2-7,18-20,22-23,28,34,45H,8-17,21H2,1H3,(H,46,50,51). The number of piperidine rings is 3. The number of hydrogen-bond donors (Lipinski definition) is 2. The number of nitrogens with zero attached hydrogens (tertiary/aromatic N) is 3. The fourth-order valence-electron chi connectivity index (χ4n) is 7.98. The van der Waals surface area contributed by atoms with Gasteiger partial charge in [-0.3, -0.25) is 24.6 Å². The zero-order valence-electron chi connectivity index (χ0n) is 29.1. The van der Waals surface area contributed by atoms with E-state index in [1.807, 2.05) is 0 Å². The lowest BCUT2D eigenvalue weighted by Gasteiger charge is -2.42. The number of carbonyl (C=O) groups excluding carboxylic acids is 2. The number of amides is 2. The number of aryl methyl sites for hydroxylation is 1. The topological polar surface area (TPSA) is 95.9 Å². The lowest BCUT2D eigenvalue weighted by Crippen LogP contribution is -2.47. The number of ether oxygens (including phenoxy) is 1. The Morgan fingerprint density at radius 1 is 0.868 bits per heavy atom. The van der Waals surface area contributed by atoms with E-state index in [0.29, 0.717) is 58.9 Å². The fraction of sp³-hybridized carbons (Fsp3) is 0.410. The molecule has 1 atom stereocenters. The summed E-state index contributed by atoms with van der Waals surface area (Å²) in [4.78, 5) is 40.7. The smallest absolute Gasteiger partial charge is 0.405 e. The van der Waals surface area contributed by atoms with Crippen molar-refractivity contribution in [1.82, 2.24) is 19.7 Å². The molecule has 3 aliphatic rings. The van der Waals surface area contributed by atoms with E-state index >= 15 is 4.39 Å². The second kappa shape index (κ2) is 14.9. The van der Waals surface area contributed by atoms with Gasteiger partial charge in [-0.05, 0) is 117 Å². The molecule has 0 aliphatic carbocycles. The van der Waals surface area contributed by atoms with Crippen molar-refractivity contribution in [2.45, 2.75) is 69.4 Å². The molecule has 3 fully saturated rings. The van der Waals surface area contributed by atoms with Gasteiger partial charge >= 0.3 is 6.36 Å². The number of imide groups is 1. The maximum absolute atomic E-state index is 15.2. The van der Waals surface area contributed by atoms with Crippen molar-refractivity contribution in [3.05, 3.63) is 93.9 Å². The molecule has 3 aromatic carbocycles. The maximum atomic E-state index is 15.2. The van der Waals surface area contributed by atoms with Crippen LogP contribution in [0.4, 0.5) is 27.6 Å². The summed E-state index contributed by atoms with van der Waals surface area (Å²) < 4.78 is 76.1. The molecule has 9 nitrogen and oxygen atoms in total. The van der Waals surface area contributed by atoms with Gasteiger partial charge in [-0.2, -0.15) is 0 Å². The minimum absolute atomic E-state index is 0.0591. The summed E-state index contributed by atoms with van der Waals surface area (Å²) in [5.74, 6) is -1.89. The predicted molar refractivity (Wildman–Crippen MR) is 189 cm³/mol. The van der Waals surface area contributed by atoms with Gasteiger partial charge in [-0.1, -0.05) is 18.2 Å². The van der Waals surface area contributed by atoms with Crippen molar-refractivity contribution >= 4 is 28.3 Å². The van der Waals surface area contributed by atoms with Crippen LogP contribution in [0.2, 0.25) is 0 Å². The highest BCUT2D eigenvalue weighted by Gasteiger charge is 2.34. The molecule has 0 bridgehead atoms. The number of nitrogens with one attached hydrogen (secondary N) is 2. The van der Waals surface area contributed by atoms with E-state index in [4.69, 9.17) is 0 Å². The summed E-state index contributed by atoms with van der Waals surface area (Å²) in [6.07, 6.45) is 0.399. The van der Waals surface area contributed by atoms with E-state index in [1.165, 1.54) is 48.1 Å². The van der Waals surface area contributed by atoms with Gasteiger partial charge in [0.1, 0.15) is 23.4 Å². The van der Waals surface area contributed by atoms with Crippen LogP contribution in [0, 0.1) is 11.6 Å². The predicted octanol–water partition coefficient (Wildman–Crippen LogP) is 6.44. The Kier molecular flexibility index (Phi) is 10.3. The average molecular weight is 738 g/mol. The van der Waals surface area contributed by atoms with Crippen molar-refractivity contribution in [3.8, 4) is 16.9 Å². The summed E-state index contributed by atoms with van der Waals surface area (Å²) in [5, 5.41) is 5.88. The van der Waals surface area contributed by atoms with E-state index in [0.717, 1.165) is 38.8 Å². The first-order valence-corrected chi connectivity index (χ1v) is 17.9. The van der Waals surface area contributed by atoms with Gasteiger partial charge in [0.25, 0.3) is 5.56 Å². The Bertz CT molecular complexity index is 2090. The van der Waals surface area contributed by atoms with Gasteiger partial charge in [0.05, 0.1) is 0 Å². The van der Waals surface area contributed by atoms with Gasteiger partial charge in [0.15, 0.2) is 0 Å². The number of aromatic nitrogens is 1. The summed E-state index contributed by atoms with van der Waals surface area (Å²) in [6.45, 7) is 3.22. The summed E-state index contributed by atoms with van der Waals surface area (Å²) in [6, 6.07) is 13.0. The van der Waals surface area contributed by atoms with Crippen LogP contribution < -0.4 is 20.9 Å². The molecule has 2 N–H and O–H groups in total. The van der Waals surface area contributed by atoms with Crippen LogP contribution in [0.3, 0.4) is 0 Å². The zero-order chi connectivity index (χ0) is 37.4. The van der Waals surface area contributed by atoms with Crippen LogP contribution in [0.1, 0.15) is 55.6 Å². The van der Waals surface area contributed by atoms with Crippen LogP contribution in [0.5, 0.6) is 5.75 Å². The maximum Gasteiger partial charge on any atom is 0.573 e. The molecule has 7 rings (SSSR count). The van der Waals surface area contributed by atoms with Crippen LogP contribution >= 0.6 is 0 Å². The number of benzene rings is 3. The molecule has 1 unspecified atom stereocenters. The van der Waals surface area contributed by atoms with Crippen molar-refractivity contribution in [2.24, 2.45) is 7.05 Å². The molecule has 53 heavy (non-hydrogen) atoms. The number of likely N-dealkylation sites (tertiary alicyclic amines) is 2. The first kappa shape index (κ1) is 36.5. The molecule has 3 saturated heterocycles. The monoisotopic (exact) mass is 737 g/mol. The molecule has 4 aromatic rings. The average Bonchev–Trinajstić information content (AvgIpc) is 3.12. The van der Waals surface area contributed by atoms with Gasteiger partial charge in [-0.25, -0.2) is 8.78 Å².